The molecule has 1 aliphatic rings. The highest BCUT2D eigenvalue weighted by Gasteiger charge is 2.22. The fourth-order valence-corrected chi connectivity index (χ4v) is 2.68. The predicted octanol–water partition coefficient (Wildman–Crippen LogP) is 0.881. The Kier molecular flexibility index (Phi) is 3.42. The number of aromatic nitrogens is 2. The van der Waals surface area contributed by atoms with Gasteiger partial charge in [-0.1, -0.05) is 23.1 Å². The van der Waals surface area contributed by atoms with Crippen LogP contribution in [0.15, 0.2) is 4.34 Å². The van der Waals surface area contributed by atoms with Crippen LogP contribution in [0.2, 0.25) is 0 Å². The Morgan fingerprint density at radius 3 is 3.00 bits per heavy atom. The van der Waals surface area contributed by atoms with E-state index in [1.54, 1.807) is 0 Å². The lowest BCUT2D eigenvalue weighted by atomic mass is 10.4. The van der Waals surface area contributed by atoms with Crippen LogP contribution in [0, 0.1) is 0 Å². The SMILES string of the molecule is Nc1nnc(SCCC(=O)NC2CC2)s1. The van der Waals surface area contributed by atoms with Crippen LogP contribution in [0.1, 0.15) is 19.3 Å². The Hall–Kier alpha value is -0.820. The largest absolute Gasteiger partial charge is 0.374 e. The van der Waals surface area contributed by atoms with Gasteiger partial charge in [0.05, 0.1) is 0 Å². The van der Waals surface area contributed by atoms with Crippen molar-refractivity contribution >= 4 is 34.1 Å². The summed E-state index contributed by atoms with van der Waals surface area (Å²) in [5.41, 5.74) is 5.44. The van der Waals surface area contributed by atoms with E-state index in [1.165, 1.54) is 23.1 Å². The molecule has 7 heteroatoms. The van der Waals surface area contributed by atoms with E-state index in [9.17, 15) is 4.79 Å². The van der Waals surface area contributed by atoms with Gasteiger partial charge in [-0.15, -0.1) is 10.2 Å². The van der Waals surface area contributed by atoms with E-state index in [0.717, 1.165) is 22.9 Å². The maximum atomic E-state index is 11.3. The van der Waals surface area contributed by atoms with Gasteiger partial charge in [-0.2, -0.15) is 0 Å². The van der Waals surface area contributed by atoms with Crippen molar-refractivity contribution in [3.05, 3.63) is 0 Å². The van der Waals surface area contributed by atoms with Crippen LogP contribution in [-0.2, 0) is 4.79 Å². The molecule has 0 aliphatic heterocycles. The highest BCUT2D eigenvalue weighted by Crippen LogP contribution is 2.24. The van der Waals surface area contributed by atoms with E-state index in [4.69, 9.17) is 5.73 Å². The first-order valence-electron chi connectivity index (χ1n) is 4.75. The molecular formula is C8H12N4OS2. The highest BCUT2D eigenvalue weighted by atomic mass is 32.2. The summed E-state index contributed by atoms with van der Waals surface area (Å²) in [5, 5.41) is 11.0. The fraction of sp³-hybridized carbons (Fsp3) is 0.625. The van der Waals surface area contributed by atoms with Crippen LogP contribution in [0.25, 0.3) is 0 Å². The minimum Gasteiger partial charge on any atom is -0.374 e. The summed E-state index contributed by atoms with van der Waals surface area (Å²) in [6.07, 6.45) is 2.79. The van der Waals surface area contributed by atoms with Crippen LogP contribution in [0.5, 0.6) is 0 Å². The zero-order valence-electron chi connectivity index (χ0n) is 8.10. The van der Waals surface area contributed by atoms with Gasteiger partial charge in [-0.3, -0.25) is 4.79 Å². The molecular weight excluding hydrogens is 232 g/mol. The Morgan fingerprint density at radius 2 is 2.40 bits per heavy atom. The Bertz CT molecular complexity index is 350. The monoisotopic (exact) mass is 244 g/mol. The second-order valence-corrected chi connectivity index (χ2v) is 5.70. The minimum atomic E-state index is 0.127. The van der Waals surface area contributed by atoms with E-state index in [-0.39, 0.29) is 5.91 Å². The number of nitrogens with one attached hydrogen (secondary N) is 1. The molecule has 0 spiro atoms. The first kappa shape index (κ1) is 10.7. The summed E-state index contributed by atoms with van der Waals surface area (Å²) >= 11 is 2.87. The van der Waals surface area contributed by atoms with Crippen molar-refractivity contribution in [2.75, 3.05) is 11.5 Å². The molecule has 1 heterocycles. The van der Waals surface area contributed by atoms with Crippen molar-refractivity contribution in [1.82, 2.24) is 15.5 Å². The molecule has 1 aliphatic carbocycles. The van der Waals surface area contributed by atoms with Gasteiger partial charge < -0.3 is 11.1 Å². The Labute approximate surface area is 95.8 Å². The molecule has 82 valence electrons. The molecule has 1 fully saturated rings. The quantitative estimate of drug-likeness (QED) is 0.752. The molecule has 0 unspecified atom stereocenters. The van der Waals surface area contributed by atoms with Gasteiger partial charge in [0.25, 0.3) is 0 Å². The van der Waals surface area contributed by atoms with Gasteiger partial charge in [0, 0.05) is 18.2 Å². The van der Waals surface area contributed by atoms with Crippen molar-refractivity contribution in [2.45, 2.75) is 29.6 Å². The number of thioether (sulfide) groups is 1. The number of rotatable bonds is 5. The second-order valence-electron chi connectivity index (χ2n) is 3.35. The van der Waals surface area contributed by atoms with Crippen molar-refractivity contribution in [3.63, 3.8) is 0 Å². The van der Waals surface area contributed by atoms with Crippen LogP contribution >= 0.6 is 23.1 Å². The molecule has 0 radical (unpaired) electrons. The third-order valence-corrected chi connectivity index (χ3v) is 3.81. The van der Waals surface area contributed by atoms with Crippen molar-refractivity contribution in [1.29, 1.82) is 0 Å². The first-order chi connectivity index (χ1) is 7.24. The summed E-state index contributed by atoms with van der Waals surface area (Å²) in [4.78, 5) is 11.3. The van der Waals surface area contributed by atoms with Gasteiger partial charge in [0.1, 0.15) is 0 Å². The predicted molar refractivity (Wildman–Crippen MR) is 60.8 cm³/mol. The average molecular weight is 244 g/mol. The zero-order valence-corrected chi connectivity index (χ0v) is 9.74. The third kappa shape index (κ3) is 3.67. The lowest BCUT2D eigenvalue weighted by Crippen LogP contribution is -2.25. The summed E-state index contributed by atoms with van der Waals surface area (Å²) in [5.74, 6) is 0.857. The third-order valence-electron chi connectivity index (χ3n) is 1.92. The molecule has 1 saturated carbocycles. The number of nitrogen functional groups attached to an aromatic ring is 1. The van der Waals surface area contributed by atoms with Crippen molar-refractivity contribution in [3.8, 4) is 0 Å². The minimum absolute atomic E-state index is 0.127. The van der Waals surface area contributed by atoms with Crippen LogP contribution < -0.4 is 11.1 Å². The molecule has 1 aromatic rings. The number of nitrogens with zero attached hydrogens (tertiary/aromatic N) is 2. The van der Waals surface area contributed by atoms with Gasteiger partial charge in [0.15, 0.2) is 4.34 Å². The van der Waals surface area contributed by atoms with Crippen molar-refractivity contribution < 1.29 is 4.79 Å². The van der Waals surface area contributed by atoms with Crippen LogP contribution in [0.3, 0.4) is 0 Å². The van der Waals surface area contributed by atoms with Crippen LogP contribution in [-0.4, -0.2) is 27.9 Å². The van der Waals surface area contributed by atoms with Gasteiger partial charge in [-0.05, 0) is 12.8 Å². The molecule has 0 atom stereocenters. The zero-order chi connectivity index (χ0) is 10.7. The Balaban J connectivity index is 1.63. The Morgan fingerprint density at radius 1 is 1.60 bits per heavy atom. The molecule has 0 saturated heterocycles. The number of nitrogens with two attached hydrogens (primary N) is 1. The van der Waals surface area contributed by atoms with Gasteiger partial charge in [-0.25, -0.2) is 0 Å². The molecule has 5 nitrogen and oxygen atoms in total. The van der Waals surface area contributed by atoms with Gasteiger partial charge in [0.2, 0.25) is 11.0 Å². The summed E-state index contributed by atoms with van der Waals surface area (Å²) in [6, 6.07) is 0.444. The molecule has 0 bridgehead atoms. The van der Waals surface area contributed by atoms with E-state index >= 15 is 0 Å². The maximum Gasteiger partial charge on any atom is 0.221 e. The molecule has 1 aromatic heterocycles. The number of carbonyl (C=O) groups is 1. The molecule has 0 aromatic carbocycles. The normalized spacial score (nSPS) is 15.2. The standard InChI is InChI=1S/C8H12N4OS2/c9-7-11-12-8(15-7)14-4-3-6(13)10-5-1-2-5/h5H,1-4H2,(H2,9,11)(H,10,13). The number of anilines is 1. The van der Waals surface area contributed by atoms with E-state index in [0.29, 0.717) is 17.6 Å². The molecule has 15 heavy (non-hydrogen) atoms. The van der Waals surface area contributed by atoms with Crippen LogP contribution in [0.4, 0.5) is 5.13 Å². The van der Waals surface area contributed by atoms with E-state index in [1.807, 2.05) is 0 Å². The first-order valence-corrected chi connectivity index (χ1v) is 6.55. The summed E-state index contributed by atoms with van der Waals surface area (Å²) in [6.45, 7) is 0. The second kappa shape index (κ2) is 4.80. The molecule has 2 rings (SSSR count). The van der Waals surface area contributed by atoms with E-state index < -0.39 is 0 Å². The molecule has 1 amide bonds. The molecule has 3 N–H and O–H groups in total. The maximum absolute atomic E-state index is 11.3. The topological polar surface area (TPSA) is 80.9 Å². The van der Waals surface area contributed by atoms with Crippen molar-refractivity contribution in [2.24, 2.45) is 0 Å². The number of amides is 1. The summed E-state index contributed by atoms with van der Waals surface area (Å²) in [7, 11) is 0. The lowest BCUT2D eigenvalue weighted by molar-refractivity contribution is -0.120. The highest BCUT2D eigenvalue weighted by molar-refractivity contribution is 8.01. The smallest absolute Gasteiger partial charge is 0.221 e. The number of carbonyl (C=O) groups excluding carboxylic acids is 1. The summed E-state index contributed by atoms with van der Waals surface area (Å²) < 4.78 is 0.826. The fourth-order valence-electron chi connectivity index (χ4n) is 1.04. The number of hydrogen-bond donors (Lipinski definition) is 2. The average Bonchev–Trinajstić information content (AvgIpc) is 2.89. The van der Waals surface area contributed by atoms with Gasteiger partial charge >= 0.3 is 0 Å². The lowest BCUT2D eigenvalue weighted by Gasteiger charge is -2.00. The number of hydrogen-bond acceptors (Lipinski definition) is 6. The van der Waals surface area contributed by atoms with E-state index in [2.05, 4.69) is 15.5 Å².